The molecule has 3 aromatic rings. The molecule has 156 valence electrons. The van der Waals surface area contributed by atoms with Gasteiger partial charge in [-0.2, -0.15) is 9.37 Å². The van der Waals surface area contributed by atoms with Crippen LogP contribution in [0.25, 0.3) is 6.08 Å². The summed E-state index contributed by atoms with van der Waals surface area (Å²) in [5.74, 6) is -0.868. The molecular formula is C22H15ClFN3O2S2. The molecule has 1 amide bonds. The van der Waals surface area contributed by atoms with E-state index in [2.05, 4.69) is 9.97 Å². The average Bonchev–Trinajstić information content (AvgIpc) is 3.00. The van der Waals surface area contributed by atoms with E-state index in [0.717, 1.165) is 23.0 Å². The number of hydrogen-bond acceptors (Lipinski definition) is 6. The average molecular weight is 472 g/mol. The maximum absolute atomic E-state index is 13.8. The number of rotatable bonds is 4. The Kier molecular flexibility index (Phi) is 6.04. The number of halogens is 2. The molecule has 1 aromatic heterocycles. The Balaban J connectivity index is 1.59. The number of thiocarbonyl (C=S) groups is 1. The zero-order valence-corrected chi connectivity index (χ0v) is 18.8. The van der Waals surface area contributed by atoms with Gasteiger partial charge in [0.15, 0.2) is 4.32 Å². The topological polar surface area (TPSA) is 55.3 Å². The Labute approximate surface area is 192 Å². The van der Waals surface area contributed by atoms with E-state index in [9.17, 15) is 9.18 Å². The van der Waals surface area contributed by atoms with Crippen LogP contribution in [-0.4, -0.2) is 20.2 Å². The summed E-state index contributed by atoms with van der Waals surface area (Å²) in [7, 11) is 0. The maximum Gasteiger partial charge on any atom is 0.270 e. The molecule has 2 aromatic carbocycles. The van der Waals surface area contributed by atoms with Gasteiger partial charge in [0.2, 0.25) is 11.1 Å². The summed E-state index contributed by atoms with van der Waals surface area (Å²) in [6.45, 7) is 4.01. The van der Waals surface area contributed by atoms with Crippen molar-refractivity contribution in [1.29, 1.82) is 0 Å². The van der Waals surface area contributed by atoms with Crippen molar-refractivity contribution in [3.63, 3.8) is 0 Å². The van der Waals surface area contributed by atoms with Crippen LogP contribution >= 0.6 is 35.6 Å². The van der Waals surface area contributed by atoms with Crippen LogP contribution in [0, 0.1) is 19.7 Å². The fraction of sp³-hybridized carbons (Fsp3) is 0.0909. The molecule has 0 aliphatic carbocycles. The van der Waals surface area contributed by atoms with E-state index in [4.69, 9.17) is 28.6 Å². The summed E-state index contributed by atoms with van der Waals surface area (Å²) < 4.78 is 19.8. The summed E-state index contributed by atoms with van der Waals surface area (Å²) in [5, 5.41) is -0.123. The summed E-state index contributed by atoms with van der Waals surface area (Å²) in [4.78, 5) is 22.3. The molecule has 0 spiro atoms. The number of hydrogen-bond donors (Lipinski definition) is 0. The van der Waals surface area contributed by atoms with Crippen molar-refractivity contribution in [1.82, 2.24) is 9.97 Å². The van der Waals surface area contributed by atoms with Crippen molar-refractivity contribution in [2.24, 2.45) is 0 Å². The smallest absolute Gasteiger partial charge is 0.270 e. The zero-order chi connectivity index (χ0) is 22.1. The summed E-state index contributed by atoms with van der Waals surface area (Å²) in [6, 6.07) is 12.6. The van der Waals surface area contributed by atoms with Gasteiger partial charge in [-0.1, -0.05) is 42.2 Å². The van der Waals surface area contributed by atoms with Crippen LogP contribution in [0.5, 0.6) is 11.6 Å². The van der Waals surface area contributed by atoms with Gasteiger partial charge in [0.05, 0.1) is 16.8 Å². The fourth-order valence-electron chi connectivity index (χ4n) is 2.89. The highest BCUT2D eigenvalue weighted by Gasteiger charge is 2.33. The molecule has 0 atom stereocenters. The van der Waals surface area contributed by atoms with E-state index < -0.39 is 5.82 Å². The molecule has 5 nitrogen and oxygen atoms in total. The van der Waals surface area contributed by atoms with Gasteiger partial charge in [-0.15, -0.1) is 0 Å². The molecule has 0 unspecified atom stereocenters. The number of ether oxygens (including phenoxy) is 1. The molecule has 1 fully saturated rings. The highest BCUT2D eigenvalue weighted by atomic mass is 35.5. The molecule has 1 aliphatic heterocycles. The van der Waals surface area contributed by atoms with E-state index in [0.29, 0.717) is 20.5 Å². The fourth-order valence-corrected chi connectivity index (χ4v) is 4.31. The molecule has 0 bridgehead atoms. The Morgan fingerprint density at radius 2 is 2.00 bits per heavy atom. The molecule has 0 N–H and O–H groups in total. The molecule has 4 rings (SSSR count). The first kappa shape index (κ1) is 21.4. The molecular weight excluding hydrogens is 457 g/mol. The second-order valence-electron chi connectivity index (χ2n) is 6.75. The number of anilines is 1. The van der Waals surface area contributed by atoms with Gasteiger partial charge in [-0.3, -0.25) is 9.69 Å². The Morgan fingerprint density at radius 1 is 1.19 bits per heavy atom. The van der Waals surface area contributed by atoms with Crippen LogP contribution in [0.1, 0.15) is 16.7 Å². The molecule has 0 saturated carbocycles. The third-order valence-electron chi connectivity index (χ3n) is 4.60. The highest BCUT2D eigenvalue weighted by Crippen LogP contribution is 2.37. The van der Waals surface area contributed by atoms with Crippen LogP contribution in [0.4, 0.5) is 10.1 Å². The highest BCUT2D eigenvalue weighted by molar-refractivity contribution is 8.27. The number of aromatic nitrogens is 2. The second kappa shape index (κ2) is 8.74. The molecule has 2 heterocycles. The Hall–Kier alpha value is -2.81. The van der Waals surface area contributed by atoms with Gasteiger partial charge >= 0.3 is 0 Å². The summed E-state index contributed by atoms with van der Waals surface area (Å²) in [5.41, 5.74) is 3.65. The summed E-state index contributed by atoms with van der Waals surface area (Å²) >= 11 is 12.4. The van der Waals surface area contributed by atoms with E-state index in [-0.39, 0.29) is 17.1 Å². The third kappa shape index (κ3) is 4.61. The van der Waals surface area contributed by atoms with Crippen LogP contribution in [0.15, 0.2) is 53.6 Å². The third-order valence-corrected chi connectivity index (χ3v) is 6.08. The largest absolute Gasteiger partial charge is 0.436 e. The minimum Gasteiger partial charge on any atom is -0.436 e. The number of nitrogens with zero attached hydrogens (tertiary/aromatic N) is 3. The lowest BCUT2D eigenvalue weighted by Gasteiger charge is -2.15. The normalized spacial score (nSPS) is 15.1. The van der Waals surface area contributed by atoms with Gasteiger partial charge < -0.3 is 4.74 Å². The minimum absolute atomic E-state index is 0.123. The van der Waals surface area contributed by atoms with Crippen molar-refractivity contribution >= 4 is 57.6 Å². The lowest BCUT2D eigenvalue weighted by molar-refractivity contribution is -0.113. The second-order valence-corrected chi connectivity index (χ2v) is 8.77. The molecule has 31 heavy (non-hydrogen) atoms. The van der Waals surface area contributed by atoms with E-state index in [1.54, 1.807) is 30.3 Å². The van der Waals surface area contributed by atoms with Gasteiger partial charge in [0, 0.05) is 0 Å². The van der Waals surface area contributed by atoms with Crippen molar-refractivity contribution in [2.45, 2.75) is 13.8 Å². The summed E-state index contributed by atoms with van der Waals surface area (Å²) in [6.07, 6.45) is 2.66. The lowest BCUT2D eigenvalue weighted by Crippen LogP contribution is -2.27. The predicted octanol–water partition coefficient (Wildman–Crippen LogP) is 6.08. The minimum atomic E-state index is -0.732. The molecule has 0 radical (unpaired) electrons. The SMILES string of the molecule is Cc1ccc(N2C(=O)/C(=C/c3cccc(Oc4nc(Cl)ncc4F)c3)SC2=S)cc1C. The van der Waals surface area contributed by atoms with Crippen molar-refractivity contribution in [3.8, 4) is 11.6 Å². The van der Waals surface area contributed by atoms with Crippen LogP contribution in [-0.2, 0) is 4.79 Å². The molecule has 1 saturated heterocycles. The number of aryl methyl sites for hydroxylation is 2. The van der Waals surface area contributed by atoms with Gasteiger partial charge in [-0.05, 0) is 72.5 Å². The maximum atomic E-state index is 13.8. The lowest BCUT2D eigenvalue weighted by atomic mass is 10.1. The molecule has 1 aliphatic rings. The molecule has 9 heteroatoms. The van der Waals surface area contributed by atoms with Crippen molar-refractivity contribution in [3.05, 3.63) is 81.4 Å². The zero-order valence-electron chi connectivity index (χ0n) is 16.4. The monoisotopic (exact) mass is 471 g/mol. The first-order chi connectivity index (χ1) is 14.8. The number of amides is 1. The first-order valence-corrected chi connectivity index (χ1v) is 10.7. The van der Waals surface area contributed by atoms with Gasteiger partial charge in [0.1, 0.15) is 5.75 Å². The Morgan fingerprint density at radius 3 is 2.77 bits per heavy atom. The predicted molar refractivity (Wildman–Crippen MR) is 125 cm³/mol. The van der Waals surface area contributed by atoms with E-state index in [1.807, 2.05) is 32.0 Å². The first-order valence-electron chi connectivity index (χ1n) is 9.13. The number of carbonyl (C=O) groups is 1. The number of benzene rings is 2. The van der Waals surface area contributed by atoms with Crippen molar-refractivity contribution in [2.75, 3.05) is 4.90 Å². The van der Waals surface area contributed by atoms with E-state index in [1.165, 1.54) is 16.7 Å². The van der Waals surface area contributed by atoms with Gasteiger partial charge in [0.25, 0.3) is 11.8 Å². The van der Waals surface area contributed by atoms with Gasteiger partial charge in [-0.25, -0.2) is 4.98 Å². The Bertz CT molecular complexity index is 1250. The van der Waals surface area contributed by atoms with E-state index >= 15 is 0 Å². The van der Waals surface area contributed by atoms with Crippen LogP contribution in [0.2, 0.25) is 5.28 Å². The van der Waals surface area contributed by atoms with Crippen molar-refractivity contribution < 1.29 is 13.9 Å². The number of thioether (sulfide) groups is 1. The standard InChI is InChI=1S/C22H15ClFN3O2S2/c1-12-6-7-15(8-13(12)2)27-20(28)18(31-22(27)30)10-14-4-3-5-16(9-14)29-19-17(24)11-25-21(23)26-19/h3-11H,1-2H3/b18-10-. The number of carbonyl (C=O) groups excluding carboxylic acids is 1. The van der Waals surface area contributed by atoms with Crippen LogP contribution in [0.3, 0.4) is 0 Å². The van der Waals surface area contributed by atoms with Crippen LogP contribution < -0.4 is 9.64 Å². The quantitative estimate of drug-likeness (QED) is 0.261.